The molecule has 3 aromatic rings. The number of amides is 1. The van der Waals surface area contributed by atoms with Gasteiger partial charge in [-0.05, 0) is 56.5 Å². The van der Waals surface area contributed by atoms with E-state index in [-0.39, 0.29) is 35.6 Å². The van der Waals surface area contributed by atoms with Crippen LogP contribution in [0.15, 0.2) is 59.0 Å². The van der Waals surface area contributed by atoms with Crippen LogP contribution in [-0.2, 0) is 22.7 Å². The van der Waals surface area contributed by atoms with Crippen molar-refractivity contribution in [2.75, 3.05) is 0 Å². The van der Waals surface area contributed by atoms with Crippen molar-refractivity contribution in [3.8, 4) is 11.1 Å². The standard InChI is InChI=1S/C24H25NO2S/c1-15(2)21-12-20(19-10-9-17-7-5-6-8-18(17)11-19)13-22(16(3)4)23(21)14-24(26)25-28-27/h5-13,15-16H,14H2,1-4H3. The number of rotatable bonds is 5. The number of hydrogen-bond donors (Lipinski definition) is 0. The molecule has 0 spiro atoms. The lowest BCUT2D eigenvalue weighted by Crippen LogP contribution is -2.09. The summed E-state index contributed by atoms with van der Waals surface area (Å²) in [4.78, 5) is 12.1. The van der Waals surface area contributed by atoms with Crippen LogP contribution in [0, 0.1) is 0 Å². The maximum absolute atomic E-state index is 12.1. The van der Waals surface area contributed by atoms with Crippen LogP contribution in [0.4, 0.5) is 0 Å². The third kappa shape index (κ3) is 4.28. The largest absolute Gasteiger partial charge is 0.271 e. The molecule has 3 nitrogen and oxygen atoms in total. The predicted molar refractivity (Wildman–Crippen MR) is 117 cm³/mol. The summed E-state index contributed by atoms with van der Waals surface area (Å²) in [5.41, 5.74) is 5.63. The Morgan fingerprint density at radius 3 is 2.04 bits per heavy atom. The molecule has 0 aliphatic carbocycles. The van der Waals surface area contributed by atoms with Gasteiger partial charge in [0.1, 0.15) is 0 Å². The Hall–Kier alpha value is -2.59. The fourth-order valence-corrected chi connectivity index (χ4v) is 3.86. The highest BCUT2D eigenvalue weighted by Gasteiger charge is 2.19. The lowest BCUT2D eigenvalue weighted by molar-refractivity contribution is -0.117. The molecule has 0 N–H and O–H groups in total. The van der Waals surface area contributed by atoms with Crippen LogP contribution < -0.4 is 0 Å². The minimum absolute atomic E-state index is 0.0159. The van der Waals surface area contributed by atoms with Gasteiger partial charge in [0.15, 0.2) is 0 Å². The van der Waals surface area contributed by atoms with Gasteiger partial charge in [-0.1, -0.05) is 76.2 Å². The molecule has 0 heterocycles. The molecule has 0 atom stereocenters. The minimum atomic E-state index is -0.373. The Labute approximate surface area is 170 Å². The summed E-state index contributed by atoms with van der Waals surface area (Å²) in [6.45, 7) is 8.54. The zero-order chi connectivity index (χ0) is 20.3. The first-order valence-corrected chi connectivity index (χ1v) is 10.3. The van der Waals surface area contributed by atoms with Crippen molar-refractivity contribution in [2.24, 2.45) is 4.36 Å². The van der Waals surface area contributed by atoms with Crippen molar-refractivity contribution in [1.82, 2.24) is 0 Å². The van der Waals surface area contributed by atoms with Crippen LogP contribution >= 0.6 is 0 Å². The van der Waals surface area contributed by atoms with Gasteiger partial charge < -0.3 is 0 Å². The topological polar surface area (TPSA) is 46.5 Å². The first-order chi connectivity index (χ1) is 13.4. The molecule has 4 heteroatoms. The van der Waals surface area contributed by atoms with Gasteiger partial charge in [0.05, 0.1) is 6.42 Å². The van der Waals surface area contributed by atoms with Gasteiger partial charge in [-0.25, -0.2) is 0 Å². The summed E-state index contributed by atoms with van der Waals surface area (Å²) in [5.74, 6) is 0.156. The molecular weight excluding hydrogens is 366 g/mol. The predicted octanol–water partition coefficient (Wildman–Crippen LogP) is 6.22. The van der Waals surface area contributed by atoms with Crippen LogP contribution in [-0.4, -0.2) is 10.1 Å². The van der Waals surface area contributed by atoms with Crippen LogP contribution in [0.3, 0.4) is 0 Å². The second-order valence-corrected chi connectivity index (χ2v) is 8.07. The van der Waals surface area contributed by atoms with Gasteiger partial charge in [-0.15, -0.1) is 4.36 Å². The molecule has 28 heavy (non-hydrogen) atoms. The van der Waals surface area contributed by atoms with Gasteiger partial charge in [0.25, 0.3) is 5.91 Å². The summed E-state index contributed by atoms with van der Waals surface area (Å²) in [7, 11) is 0. The number of benzene rings is 3. The average Bonchev–Trinajstić information content (AvgIpc) is 2.67. The highest BCUT2D eigenvalue weighted by atomic mass is 32.1. The first kappa shape index (κ1) is 20.2. The van der Waals surface area contributed by atoms with Crippen molar-refractivity contribution in [3.63, 3.8) is 0 Å². The monoisotopic (exact) mass is 391 g/mol. The second-order valence-electron chi connectivity index (χ2n) is 7.74. The number of fused-ring (bicyclic) bond motifs is 1. The zero-order valence-electron chi connectivity index (χ0n) is 16.7. The van der Waals surface area contributed by atoms with Gasteiger partial charge >= 0.3 is 0 Å². The second kappa shape index (κ2) is 8.61. The van der Waals surface area contributed by atoms with E-state index in [2.05, 4.69) is 80.6 Å². The van der Waals surface area contributed by atoms with Crippen LogP contribution in [0.2, 0.25) is 0 Å². The molecule has 0 radical (unpaired) electrons. The van der Waals surface area contributed by atoms with Crippen molar-refractivity contribution in [3.05, 3.63) is 71.3 Å². The summed E-state index contributed by atoms with van der Waals surface area (Å²) >= 11 is -0.0159. The van der Waals surface area contributed by atoms with E-state index in [1.54, 1.807) is 0 Å². The molecule has 0 saturated heterocycles. The van der Waals surface area contributed by atoms with E-state index < -0.39 is 0 Å². The molecule has 1 amide bonds. The molecule has 0 aliphatic rings. The quantitative estimate of drug-likeness (QED) is 0.518. The number of carbonyl (C=O) groups excluding carboxylic acids is 1. The van der Waals surface area contributed by atoms with Crippen molar-refractivity contribution >= 4 is 28.1 Å². The Balaban J connectivity index is 2.19. The Morgan fingerprint density at radius 2 is 1.46 bits per heavy atom. The lowest BCUT2D eigenvalue weighted by atomic mass is 9.83. The van der Waals surface area contributed by atoms with Crippen molar-refractivity contribution in [2.45, 2.75) is 46.0 Å². The van der Waals surface area contributed by atoms with Gasteiger partial charge in [-0.2, -0.15) is 4.21 Å². The summed E-state index contributed by atoms with van der Waals surface area (Å²) in [6.07, 6.45) is 0.175. The Bertz CT molecular complexity index is 1050. The zero-order valence-corrected chi connectivity index (χ0v) is 17.5. The van der Waals surface area contributed by atoms with E-state index in [0.717, 1.165) is 22.3 Å². The van der Waals surface area contributed by atoms with Gasteiger partial charge in [-0.3, -0.25) is 4.79 Å². The molecule has 0 saturated carbocycles. The number of hydrogen-bond acceptors (Lipinski definition) is 2. The summed E-state index contributed by atoms with van der Waals surface area (Å²) in [6, 6.07) is 19.2. The van der Waals surface area contributed by atoms with E-state index in [0.29, 0.717) is 0 Å². The highest BCUT2D eigenvalue weighted by molar-refractivity contribution is 7.55. The van der Waals surface area contributed by atoms with Crippen LogP contribution in [0.1, 0.15) is 56.2 Å². The van der Waals surface area contributed by atoms with Gasteiger partial charge in [0.2, 0.25) is 11.5 Å². The lowest BCUT2D eigenvalue weighted by Gasteiger charge is -2.21. The van der Waals surface area contributed by atoms with E-state index in [9.17, 15) is 9.00 Å². The average molecular weight is 392 g/mol. The van der Waals surface area contributed by atoms with Crippen molar-refractivity contribution < 1.29 is 9.00 Å². The smallest absolute Gasteiger partial charge is 0.263 e. The fourth-order valence-electron chi connectivity index (χ4n) is 3.71. The maximum Gasteiger partial charge on any atom is 0.263 e. The third-order valence-corrected chi connectivity index (χ3v) is 5.39. The Kier molecular flexibility index (Phi) is 6.20. The van der Waals surface area contributed by atoms with E-state index in [1.165, 1.54) is 16.3 Å². The molecule has 3 rings (SSSR count). The molecule has 0 aromatic heterocycles. The van der Waals surface area contributed by atoms with Crippen LogP contribution in [0.25, 0.3) is 21.9 Å². The normalized spacial score (nSPS) is 11.2. The van der Waals surface area contributed by atoms with Crippen LogP contribution in [0.5, 0.6) is 0 Å². The highest BCUT2D eigenvalue weighted by Crippen LogP contribution is 2.35. The molecule has 0 fully saturated rings. The Morgan fingerprint density at radius 1 is 0.857 bits per heavy atom. The van der Waals surface area contributed by atoms with Gasteiger partial charge in [0, 0.05) is 0 Å². The summed E-state index contributed by atoms with van der Waals surface area (Å²) < 4.78 is 14.1. The minimum Gasteiger partial charge on any atom is -0.271 e. The number of nitrogens with zero attached hydrogens (tertiary/aromatic N) is 1. The molecule has 0 aliphatic heterocycles. The van der Waals surface area contributed by atoms with Crippen molar-refractivity contribution in [1.29, 1.82) is 0 Å². The molecular formula is C24H25NO2S. The first-order valence-electron chi connectivity index (χ1n) is 9.59. The summed E-state index contributed by atoms with van der Waals surface area (Å²) in [5, 5.41) is 2.43. The SMILES string of the molecule is CC(C)c1cc(-c2ccc3ccccc3c2)cc(C(C)C)c1CC(=O)N=S=O. The molecule has 144 valence electrons. The third-order valence-electron chi connectivity index (χ3n) is 5.11. The van der Waals surface area contributed by atoms with E-state index in [1.807, 2.05) is 6.07 Å². The van der Waals surface area contributed by atoms with E-state index >= 15 is 0 Å². The maximum atomic E-state index is 12.1. The molecule has 3 aromatic carbocycles. The number of carbonyl (C=O) groups is 1. The van der Waals surface area contributed by atoms with E-state index in [4.69, 9.17) is 0 Å². The molecule has 0 bridgehead atoms. The molecule has 0 unspecified atom stereocenters. The fraction of sp³-hybridized carbons (Fsp3) is 0.292.